The molecular weight excluding hydrogens is 1190 g/mol. The van der Waals surface area contributed by atoms with E-state index < -0.39 is 86.8 Å². The van der Waals surface area contributed by atoms with Crippen LogP contribution < -0.4 is 5.32 Å². The molecular formula is C81H141NO13. The van der Waals surface area contributed by atoms with Crippen LogP contribution in [0.5, 0.6) is 0 Å². The minimum absolute atomic E-state index is 0.208. The van der Waals surface area contributed by atoms with Crippen molar-refractivity contribution < 1.29 is 64.6 Å². The topological polar surface area (TPSA) is 228 Å². The molecule has 0 spiro atoms. The van der Waals surface area contributed by atoms with Crippen molar-refractivity contribution in [2.45, 2.75) is 376 Å². The summed E-state index contributed by atoms with van der Waals surface area (Å²) in [6, 6.07) is -0.836. The van der Waals surface area contributed by atoms with Crippen molar-refractivity contribution in [1.29, 1.82) is 0 Å². The van der Waals surface area contributed by atoms with E-state index in [1.165, 1.54) is 161 Å². The summed E-state index contributed by atoms with van der Waals surface area (Å²) in [4.78, 5) is 13.4. The highest BCUT2D eigenvalue weighted by Gasteiger charge is 2.51. The van der Waals surface area contributed by atoms with Gasteiger partial charge < -0.3 is 65.1 Å². The Bertz CT molecular complexity index is 2010. The molecule has 0 aromatic carbocycles. The smallest absolute Gasteiger partial charge is 0.220 e. The first-order valence-corrected chi connectivity index (χ1v) is 38.6. The number of hydrogen-bond donors (Lipinski definition) is 9. The fraction of sp³-hybridized carbons (Fsp3) is 0.765. The monoisotopic (exact) mass is 1340 g/mol. The van der Waals surface area contributed by atoms with Gasteiger partial charge in [0.25, 0.3) is 0 Å². The SMILES string of the molecule is CC/C=C\C/C=C\C/C=C\C/C=C\C/C=C\C/C=C\C/C=C\C/C=C\C/C=C\CCCCCCCCCCCCCCCC(=O)NC(COC1OC(CO)C(OC2OC(CO)C(O)C(O)C2O)C(O)C1O)C(O)CCCCCCCCCCCCCCCCCCCCCC. The maximum absolute atomic E-state index is 13.4. The van der Waals surface area contributed by atoms with Crippen molar-refractivity contribution >= 4 is 5.91 Å². The third kappa shape index (κ3) is 47.4. The fourth-order valence-electron chi connectivity index (χ4n) is 12.2. The van der Waals surface area contributed by atoms with Gasteiger partial charge in [-0.15, -0.1) is 0 Å². The molecule has 0 aromatic heterocycles. The fourth-order valence-corrected chi connectivity index (χ4v) is 12.2. The highest BCUT2D eigenvalue weighted by atomic mass is 16.7. The van der Waals surface area contributed by atoms with Crippen LogP contribution in [0.15, 0.2) is 109 Å². The predicted octanol–water partition coefficient (Wildman–Crippen LogP) is 17.1. The van der Waals surface area contributed by atoms with Crippen molar-refractivity contribution in [3.05, 3.63) is 109 Å². The number of ether oxygens (including phenoxy) is 4. The number of aliphatic hydroxyl groups is 8. The average molecular weight is 1340 g/mol. The molecule has 2 heterocycles. The molecule has 2 aliphatic rings. The summed E-state index contributed by atoms with van der Waals surface area (Å²) in [6.45, 7) is 2.78. The van der Waals surface area contributed by atoms with Crippen LogP contribution in [0.25, 0.3) is 0 Å². The van der Waals surface area contributed by atoms with Gasteiger partial charge in [-0.1, -0.05) is 322 Å². The minimum atomic E-state index is -1.79. The largest absolute Gasteiger partial charge is 0.394 e. The van der Waals surface area contributed by atoms with E-state index in [0.29, 0.717) is 12.8 Å². The standard InChI is InChI=1S/C81H141NO13/c1-3-5-7-9-11-13-15-17-19-21-23-25-26-27-28-29-30-31-32-33-34-35-36-37-38-39-40-41-42-43-44-45-47-49-51-53-55-57-59-61-63-65-73(86)82-69(70(85)64-62-60-58-56-54-52-50-48-46-24-22-20-18-16-14-12-10-8-6-4-2)68-92-80-78(91)76(89)79(72(67-84)94-80)95-81-77(90)75(88)74(87)71(66-83)93-81/h5,7,11,13,17,19,23,25,27-28,30-31,33-34,36-37,39-40,69-72,74-81,83-85,87-91H,3-4,6,8-10,12,14-16,18,20-22,24,26,29,32,35,38,41-68H2,1-2H3,(H,82,86)/b7-5-,13-11-,19-17-,25-23-,28-27-,31-30-,34-33-,37-36-,40-39-. The molecule has 1 amide bonds. The van der Waals surface area contributed by atoms with E-state index in [1.54, 1.807) is 0 Å². The minimum Gasteiger partial charge on any atom is -0.394 e. The van der Waals surface area contributed by atoms with Crippen LogP contribution in [-0.4, -0.2) is 140 Å². The number of carbonyl (C=O) groups is 1. The molecule has 0 aromatic rings. The number of carbonyl (C=O) groups excluding carboxylic acids is 1. The van der Waals surface area contributed by atoms with Gasteiger partial charge in [0, 0.05) is 6.42 Å². The lowest BCUT2D eigenvalue weighted by Gasteiger charge is -2.46. The van der Waals surface area contributed by atoms with Crippen LogP contribution in [-0.2, 0) is 23.7 Å². The average Bonchev–Trinajstić information content (AvgIpc) is 0.897. The van der Waals surface area contributed by atoms with Gasteiger partial charge in [-0.25, -0.2) is 0 Å². The second kappa shape index (κ2) is 64.1. The number of allylic oxidation sites excluding steroid dienone is 18. The van der Waals surface area contributed by atoms with Crippen molar-refractivity contribution in [3.8, 4) is 0 Å². The first-order chi connectivity index (χ1) is 46.6. The Hall–Kier alpha value is -3.35. The highest BCUT2D eigenvalue weighted by Crippen LogP contribution is 2.30. The van der Waals surface area contributed by atoms with E-state index >= 15 is 0 Å². The molecule has 2 fully saturated rings. The Labute approximate surface area is 578 Å². The Morgan fingerprint density at radius 3 is 1.12 bits per heavy atom. The molecule has 14 heteroatoms. The third-order valence-electron chi connectivity index (χ3n) is 18.3. The van der Waals surface area contributed by atoms with E-state index in [0.717, 1.165) is 116 Å². The molecule has 548 valence electrons. The number of aliphatic hydroxyl groups excluding tert-OH is 8. The number of amides is 1. The molecule has 2 saturated heterocycles. The molecule has 12 atom stereocenters. The van der Waals surface area contributed by atoms with Gasteiger partial charge in [-0.2, -0.15) is 0 Å². The van der Waals surface area contributed by atoms with Gasteiger partial charge in [-0.05, 0) is 83.5 Å². The Morgan fingerprint density at radius 1 is 0.389 bits per heavy atom. The molecule has 0 saturated carbocycles. The van der Waals surface area contributed by atoms with E-state index in [-0.39, 0.29) is 12.5 Å². The molecule has 0 radical (unpaired) electrons. The van der Waals surface area contributed by atoms with E-state index in [4.69, 9.17) is 18.9 Å². The normalized spacial score (nSPS) is 23.0. The van der Waals surface area contributed by atoms with Gasteiger partial charge in [0.05, 0.1) is 32.0 Å². The zero-order valence-corrected chi connectivity index (χ0v) is 59.9. The van der Waals surface area contributed by atoms with Crippen LogP contribution in [0.3, 0.4) is 0 Å². The molecule has 9 N–H and O–H groups in total. The summed E-state index contributed by atoms with van der Waals surface area (Å²) >= 11 is 0. The van der Waals surface area contributed by atoms with Crippen molar-refractivity contribution in [2.75, 3.05) is 19.8 Å². The maximum Gasteiger partial charge on any atom is 0.220 e. The lowest BCUT2D eigenvalue weighted by atomic mass is 9.97. The van der Waals surface area contributed by atoms with E-state index in [1.807, 2.05) is 0 Å². The van der Waals surface area contributed by atoms with Crippen LogP contribution in [0.1, 0.15) is 303 Å². The molecule has 14 nitrogen and oxygen atoms in total. The lowest BCUT2D eigenvalue weighted by Crippen LogP contribution is -2.65. The number of unbranched alkanes of at least 4 members (excludes halogenated alkanes) is 32. The Morgan fingerprint density at radius 2 is 0.726 bits per heavy atom. The van der Waals surface area contributed by atoms with Crippen LogP contribution in [0, 0.1) is 0 Å². The molecule has 0 bridgehead atoms. The maximum atomic E-state index is 13.4. The van der Waals surface area contributed by atoms with Crippen molar-refractivity contribution in [2.24, 2.45) is 0 Å². The van der Waals surface area contributed by atoms with E-state index in [9.17, 15) is 45.6 Å². The summed E-state index contributed by atoms with van der Waals surface area (Å²) in [5.41, 5.74) is 0. The Balaban J connectivity index is 1.60. The van der Waals surface area contributed by atoms with E-state index in [2.05, 4.69) is 129 Å². The third-order valence-corrected chi connectivity index (χ3v) is 18.3. The first kappa shape index (κ1) is 87.7. The second-order valence-electron chi connectivity index (χ2n) is 26.8. The molecule has 2 aliphatic heterocycles. The van der Waals surface area contributed by atoms with Crippen molar-refractivity contribution in [1.82, 2.24) is 5.32 Å². The summed E-state index contributed by atoms with van der Waals surface area (Å²) < 4.78 is 22.9. The zero-order chi connectivity index (χ0) is 68.7. The molecule has 95 heavy (non-hydrogen) atoms. The van der Waals surface area contributed by atoms with Gasteiger partial charge in [0.2, 0.25) is 5.91 Å². The second-order valence-corrected chi connectivity index (χ2v) is 26.8. The Kier molecular flexibility index (Phi) is 59.2. The number of rotatable bonds is 63. The number of hydrogen-bond acceptors (Lipinski definition) is 13. The molecule has 2 rings (SSSR count). The quantitative estimate of drug-likeness (QED) is 0.0204. The summed E-state index contributed by atoms with van der Waals surface area (Å²) in [5.74, 6) is -0.208. The lowest BCUT2D eigenvalue weighted by molar-refractivity contribution is -0.359. The van der Waals surface area contributed by atoms with Gasteiger partial charge >= 0.3 is 0 Å². The molecule has 12 unspecified atom stereocenters. The summed E-state index contributed by atoms with van der Waals surface area (Å²) in [6.07, 6.45) is 75.4. The van der Waals surface area contributed by atoms with Gasteiger partial charge in [0.15, 0.2) is 12.6 Å². The molecule has 0 aliphatic carbocycles. The highest BCUT2D eigenvalue weighted by molar-refractivity contribution is 5.76. The summed E-state index contributed by atoms with van der Waals surface area (Å²) in [7, 11) is 0. The predicted molar refractivity (Wildman–Crippen MR) is 392 cm³/mol. The summed E-state index contributed by atoms with van der Waals surface area (Å²) in [5, 5.41) is 87.7. The van der Waals surface area contributed by atoms with Gasteiger partial charge in [-0.3, -0.25) is 4.79 Å². The van der Waals surface area contributed by atoms with Gasteiger partial charge in [0.1, 0.15) is 48.8 Å². The van der Waals surface area contributed by atoms with Crippen LogP contribution >= 0.6 is 0 Å². The van der Waals surface area contributed by atoms with Crippen molar-refractivity contribution in [3.63, 3.8) is 0 Å². The first-order valence-electron chi connectivity index (χ1n) is 38.6. The zero-order valence-electron chi connectivity index (χ0n) is 59.9. The van der Waals surface area contributed by atoms with Crippen LogP contribution in [0.4, 0.5) is 0 Å². The number of nitrogens with one attached hydrogen (secondary N) is 1. The van der Waals surface area contributed by atoms with Crippen LogP contribution in [0.2, 0.25) is 0 Å².